The Bertz CT molecular complexity index is 1740. The number of ether oxygens (including phenoxy) is 1. The molecule has 2 N–H and O–H groups in total. The molecule has 0 spiro atoms. The molecular weight excluding hydrogens is 584 g/mol. The predicted molar refractivity (Wildman–Crippen MR) is 151 cm³/mol. The quantitative estimate of drug-likeness (QED) is 0.277. The summed E-state index contributed by atoms with van der Waals surface area (Å²) in [6, 6.07) is 12.2. The Morgan fingerprint density at radius 3 is 2.36 bits per heavy atom. The second-order valence-electron chi connectivity index (χ2n) is 10.6. The molecule has 2 aromatic heterocycles. The Balaban J connectivity index is 1.55. The summed E-state index contributed by atoms with van der Waals surface area (Å²) >= 11 is 12.2. The lowest BCUT2D eigenvalue weighted by Crippen LogP contribution is -2.48. The van der Waals surface area contributed by atoms with Gasteiger partial charge in [-0.3, -0.25) is 28.9 Å². The highest BCUT2D eigenvalue weighted by molar-refractivity contribution is 6.30. The van der Waals surface area contributed by atoms with Gasteiger partial charge in [-0.25, -0.2) is 4.39 Å². The van der Waals surface area contributed by atoms with E-state index in [4.69, 9.17) is 33.7 Å². The molecule has 9 nitrogen and oxygen atoms in total. The van der Waals surface area contributed by atoms with Gasteiger partial charge < -0.3 is 10.5 Å². The van der Waals surface area contributed by atoms with Crippen molar-refractivity contribution in [2.24, 2.45) is 18.2 Å². The van der Waals surface area contributed by atoms with Crippen LogP contribution in [0.25, 0.3) is 0 Å². The van der Waals surface area contributed by atoms with Gasteiger partial charge in [-0.15, -0.1) is 0 Å². The van der Waals surface area contributed by atoms with E-state index in [9.17, 15) is 14.4 Å². The minimum Gasteiger partial charge on any atom is -0.369 e. The minimum absolute atomic E-state index is 0.0279. The molecule has 0 saturated heterocycles. The third-order valence-electron chi connectivity index (χ3n) is 7.79. The number of benzene rings is 2. The number of amides is 2. The van der Waals surface area contributed by atoms with Gasteiger partial charge in [0.25, 0.3) is 5.91 Å². The number of hydrogen-bond acceptors (Lipinski definition) is 6. The van der Waals surface area contributed by atoms with Gasteiger partial charge in [0.2, 0.25) is 5.91 Å². The molecule has 0 radical (unpaired) electrons. The van der Waals surface area contributed by atoms with Crippen molar-refractivity contribution in [2.45, 2.75) is 25.1 Å². The summed E-state index contributed by atoms with van der Waals surface area (Å²) in [6.45, 7) is -0.278. The number of pyridine rings is 1. The second-order valence-corrected chi connectivity index (χ2v) is 11.4. The van der Waals surface area contributed by atoms with Gasteiger partial charge >= 0.3 is 0 Å². The first-order chi connectivity index (χ1) is 20.0. The molecular formula is C30H24Cl2FN5O4. The van der Waals surface area contributed by atoms with Crippen LogP contribution < -0.4 is 5.73 Å². The number of nitrogens with zero attached hydrogens (tertiary/aromatic N) is 4. The minimum atomic E-state index is -1.84. The van der Waals surface area contributed by atoms with Crippen molar-refractivity contribution < 1.29 is 23.5 Å². The Hall–Kier alpha value is -4.12. The van der Waals surface area contributed by atoms with Crippen molar-refractivity contribution in [3.63, 3.8) is 0 Å². The van der Waals surface area contributed by atoms with Crippen LogP contribution >= 0.6 is 23.2 Å². The molecule has 6 rings (SSSR count). The van der Waals surface area contributed by atoms with Gasteiger partial charge in [0.15, 0.2) is 11.5 Å². The Morgan fingerprint density at radius 2 is 1.76 bits per heavy atom. The molecule has 1 aliphatic carbocycles. The SMILES string of the molecule is Cn1cc(C(=O)c2cc(F)c3c(c2)C(=O)N(Cc2ccc(Cl)cn2)[C@@]3(OCC2(C(N)=O)CC2)c2ccc(Cl)cc2)cn1. The second kappa shape index (κ2) is 10.3. The number of carbonyl (C=O) groups is 3. The van der Waals surface area contributed by atoms with Crippen LogP contribution in [0.2, 0.25) is 10.0 Å². The van der Waals surface area contributed by atoms with Crippen molar-refractivity contribution in [1.29, 1.82) is 0 Å². The van der Waals surface area contributed by atoms with E-state index in [0.717, 1.165) is 6.07 Å². The summed E-state index contributed by atoms with van der Waals surface area (Å²) in [5.74, 6) is -2.47. The fourth-order valence-electron chi connectivity index (χ4n) is 5.29. The normalized spacial score (nSPS) is 18.7. The van der Waals surface area contributed by atoms with Crippen LogP contribution in [0, 0.1) is 11.2 Å². The third-order valence-corrected chi connectivity index (χ3v) is 8.27. The van der Waals surface area contributed by atoms with Gasteiger partial charge in [-0.05, 0) is 49.2 Å². The van der Waals surface area contributed by atoms with Gasteiger partial charge in [0, 0.05) is 35.6 Å². The summed E-state index contributed by atoms with van der Waals surface area (Å²) in [7, 11) is 1.66. The third kappa shape index (κ3) is 4.65. The largest absolute Gasteiger partial charge is 0.369 e. The predicted octanol–water partition coefficient (Wildman–Crippen LogP) is 4.63. The van der Waals surface area contributed by atoms with Gasteiger partial charge in [0.05, 0.1) is 52.2 Å². The van der Waals surface area contributed by atoms with Crippen LogP contribution in [0.1, 0.15) is 55.9 Å². The van der Waals surface area contributed by atoms with Crippen LogP contribution in [-0.4, -0.2) is 43.9 Å². The summed E-state index contributed by atoms with van der Waals surface area (Å²) in [6.07, 6.45) is 5.31. The zero-order chi connectivity index (χ0) is 29.8. The number of primary amides is 1. The summed E-state index contributed by atoms with van der Waals surface area (Å²) in [4.78, 5) is 45.5. The van der Waals surface area contributed by atoms with Crippen LogP contribution in [0.5, 0.6) is 0 Å². The lowest BCUT2D eigenvalue weighted by Gasteiger charge is -2.40. The van der Waals surface area contributed by atoms with Gasteiger partial charge in [-0.2, -0.15) is 5.10 Å². The monoisotopic (exact) mass is 607 g/mol. The molecule has 4 aromatic rings. The molecule has 12 heteroatoms. The molecule has 3 heterocycles. The first kappa shape index (κ1) is 28.0. The van der Waals surface area contributed by atoms with E-state index in [0.29, 0.717) is 34.1 Å². The zero-order valence-electron chi connectivity index (χ0n) is 22.3. The smallest absolute Gasteiger partial charge is 0.257 e. The van der Waals surface area contributed by atoms with Crippen LogP contribution in [0.3, 0.4) is 0 Å². The summed E-state index contributed by atoms with van der Waals surface area (Å²) in [5, 5.41) is 4.83. The number of ketones is 1. The van der Waals surface area contributed by atoms with Gasteiger partial charge in [-0.1, -0.05) is 35.3 Å². The highest BCUT2D eigenvalue weighted by Gasteiger charge is 2.58. The fraction of sp³-hybridized carbons (Fsp3) is 0.233. The molecule has 0 unspecified atom stereocenters. The number of nitrogens with two attached hydrogens (primary N) is 1. The maximum atomic E-state index is 16.4. The van der Waals surface area contributed by atoms with Crippen molar-refractivity contribution >= 4 is 40.8 Å². The average Bonchev–Trinajstić information content (AvgIpc) is 3.59. The molecule has 0 bridgehead atoms. The van der Waals surface area contributed by atoms with Crippen LogP contribution in [-0.2, 0) is 28.8 Å². The van der Waals surface area contributed by atoms with Crippen LogP contribution in [0.4, 0.5) is 4.39 Å². The first-order valence-electron chi connectivity index (χ1n) is 13.0. The lowest BCUT2D eigenvalue weighted by molar-refractivity contribution is -0.142. The van der Waals surface area contributed by atoms with E-state index < -0.39 is 34.6 Å². The van der Waals surface area contributed by atoms with E-state index in [-0.39, 0.29) is 35.4 Å². The first-order valence-corrected chi connectivity index (χ1v) is 13.8. The van der Waals surface area contributed by atoms with E-state index in [1.54, 1.807) is 43.4 Å². The maximum Gasteiger partial charge on any atom is 0.257 e. The van der Waals surface area contributed by atoms with Crippen LogP contribution in [0.15, 0.2) is 67.1 Å². The summed E-state index contributed by atoms with van der Waals surface area (Å²) in [5.41, 5.74) is 3.81. The van der Waals surface area contributed by atoms with Gasteiger partial charge in [0.1, 0.15) is 5.82 Å². The molecule has 2 aliphatic rings. The maximum absolute atomic E-state index is 16.4. The number of halogens is 3. The highest BCUT2D eigenvalue weighted by atomic mass is 35.5. The Morgan fingerprint density at radius 1 is 1.05 bits per heavy atom. The topological polar surface area (TPSA) is 120 Å². The standard InChI is InChI=1S/C30H24Cl2FN5O4/c1-37-14-18(12-36-37)26(39)17-10-23-25(24(33)11-17)30(19-2-4-20(31)5-3-19,42-16-29(8-9-29)28(34)41)38(27(23)40)15-22-7-6-21(32)13-35-22/h2-7,10-14H,8-9,15-16H2,1H3,(H2,34,41)/t30-/m1/s1. The molecule has 214 valence electrons. The van der Waals surface area contributed by atoms with E-state index in [1.807, 2.05) is 0 Å². The number of rotatable bonds is 9. The number of aryl methyl sites for hydroxylation is 1. The molecule has 1 fully saturated rings. The molecule has 1 saturated carbocycles. The van der Waals surface area contributed by atoms with Crippen molar-refractivity contribution in [3.8, 4) is 0 Å². The Kier molecular flexibility index (Phi) is 6.87. The fourth-order valence-corrected chi connectivity index (χ4v) is 5.53. The number of aromatic nitrogens is 3. The van der Waals surface area contributed by atoms with E-state index in [1.165, 1.54) is 34.2 Å². The number of fused-ring (bicyclic) bond motifs is 1. The molecule has 1 aliphatic heterocycles. The van der Waals surface area contributed by atoms with Crippen molar-refractivity contribution in [1.82, 2.24) is 19.7 Å². The van der Waals surface area contributed by atoms with Crippen molar-refractivity contribution in [2.75, 3.05) is 6.61 Å². The zero-order valence-corrected chi connectivity index (χ0v) is 23.8. The number of hydrogen-bond donors (Lipinski definition) is 1. The lowest BCUT2D eigenvalue weighted by atomic mass is 9.90. The molecule has 2 aromatic carbocycles. The van der Waals surface area contributed by atoms with Crippen molar-refractivity contribution in [3.05, 3.63) is 116 Å². The molecule has 2 amide bonds. The molecule has 42 heavy (non-hydrogen) atoms. The highest BCUT2D eigenvalue weighted by Crippen LogP contribution is 2.52. The number of carbonyl (C=O) groups excluding carboxylic acids is 3. The van der Waals surface area contributed by atoms with E-state index in [2.05, 4.69) is 10.1 Å². The average molecular weight is 608 g/mol. The Labute approximate surface area is 250 Å². The molecule has 1 atom stereocenters. The van der Waals surface area contributed by atoms with E-state index >= 15 is 4.39 Å². The summed E-state index contributed by atoms with van der Waals surface area (Å²) < 4.78 is 24.4.